The molecule has 0 saturated heterocycles. The summed E-state index contributed by atoms with van der Waals surface area (Å²) in [5, 5.41) is 12.3. The van der Waals surface area contributed by atoms with E-state index in [-0.39, 0.29) is 17.9 Å². The van der Waals surface area contributed by atoms with Gasteiger partial charge in [0.2, 0.25) is 5.91 Å². The third-order valence-corrected chi connectivity index (χ3v) is 2.02. The summed E-state index contributed by atoms with van der Waals surface area (Å²) in [5.41, 5.74) is -0.133. The van der Waals surface area contributed by atoms with Crippen LogP contribution in [0.4, 0.5) is 0 Å². The predicted molar refractivity (Wildman–Crippen MR) is 55.0 cm³/mol. The third kappa shape index (κ3) is 5.94. The third-order valence-electron chi connectivity index (χ3n) is 2.02. The molecule has 0 radical (unpaired) electrons. The summed E-state index contributed by atoms with van der Waals surface area (Å²) in [4.78, 5) is 11.0. The molecular weight excluding hydrogens is 182 g/mol. The molecule has 1 amide bonds. The van der Waals surface area contributed by atoms with Crippen molar-refractivity contribution in [3.63, 3.8) is 0 Å². The molecule has 0 aliphatic carbocycles. The van der Waals surface area contributed by atoms with E-state index in [4.69, 9.17) is 0 Å². The van der Waals surface area contributed by atoms with Gasteiger partial charge in [0.1, 0.15) is 6.61 Å². The van der Waals surface area contributed by atoms with E-state index in [0.29, 0.717) is 13.0 Å². The van der Waals surface area contributed by atoms with Gasteiger partial charge in [-0.3, -0.25) is 4.79 Å². The van der Waals surface area contributed by atoms with Gasteiger partial charge in [-0.15, -0.1) is 0 Å². The Labute approximate surface area is 85.6 Å². The van der Waals surface area contributed by atoms with Gasteiger partial charge in [-0.25, -0.2) is 0 Å². The van der Waals surface area contributed by atoms with E-state index in [2.05, 4.69) is 10.1 Å². The van der Waals surface area contributed by atoms with Crippen molar-refractivity contribution in [1.82, 2.24) is 5.32 Å². The highest BCUT2D eigenvalue weighted by molar-refractivity contribution is 5.77. The molecule has 0 heterocycles. The maximum atomic E-state index is 11.0. The minimum absolute atomic E-state index is 0.0750. The Kier molecular flexibility index (Phi) is 5.72. The van der Waals surface area contributed by atoms with Crippen LogP contribution in [-0.2, 0) is 9.53 Å². The van der Waals surface area contributed by atoms with E-state index in [9.17, 15) is 9.90 Å². The Balaban J connectivity index is 3.59. The van der Waals surface area contributed by atoms with Crippen molar-refractivity contribution < 1.29 is 14.6 Å². The first-order valence-electron chi connectivity index (χ1n) is 4.81. The molecule has 0 rings (SSSR count). The first kappa shape index (κ1) is 13.4. The lowest BCUT2D eigenvalue weighted by atomic mass is 9.87. The van der Waals surface area contributed by atoms with Crippen LogP contribution >= 0.6 is 0 Å². The van der Waals surface area contributed by atoms with E-state index in [1.807, 2.05) is 20.8 Å². The van der Waals surface area contributed by atoms with E-state index in [1.54, 1.807) is 0 Å². The Morgan fingerprint density at radius 3 is 2.50 bits per heavy atom. The highest BCUT2D eigenvalue weighted by Gasteiger charge is 2.21. The van der Waals surface area contributed by atoms with E-state index in [0.717, 1.165) is 0 Å². The van der Waals surface area contributed by atoms with Gasteiger partial charge >= 0.3 is 0 Å². The fourth-order valence-electron chi connectivity index (χ4n) is 0.963. The minimum atomic E-state index is -0.398. The zero-order valence-corrected chi connectivity index (χ0v) is 9.46. The number of aliphatic hydroxyl groups excluding tert-OH is 1. The van der Waals surface area contributed by atoms with Crippen molar-refractivity contribution in [3.05, 3.63) is 0 Å². The molecule has 0 aliphatic rings. The first-order valence-corrected chi connectivity index (χ1v) is 4.81. The highest BCUT2D eigenvalue weighted by Crippen LogP contribution is 2.20. The standard InChI is InChI=1S/C10H21NO3/c1-10(2,3)8(12)5-6-11-9(13)7-14-4/h8,12H,5-7H2,1-4H3,(H,11,13). The average molecular weight is 203 g/mol. The lowest BCUT2D eigenvalue weighted by Crippen LogP contribution is -2.33. The molecule has 0 aromatic rings. The van der Waals surface area contributed by atoms with Gasteiger partial charge in [0, 0.05) is 13.7 Å². The van der Waals surface area contributed by atoms with E-state index in [1.165, 1.54) is 7.11 Å². The van der Waals surface area contributed by atoms with Crippen molar-refractivity contribution in [2.75, 3.05) is 20.3 Å². The lowest BCUT2D eigenvalue weighted by Gasteiger charge is -2.25. The Bertz CT molecular complexity index is 175. The van der Waals surface area contributed by atoms with Gasteiger partial charge in [0.05, 0.1) is 6.10 Å². The summed E-state index contributed by atoms with van der Waals surface area (Å²) < 4.78 is 4.65. The molecule has 4 heteroatoms. The van der Waals surface area contributed by atoms with E-state index >= 15 is 0 Å². The van der Waals surface area contributed by atoms with Crippen LogP contribution in [0.3, 0.4) is 0 Å². The number of nitrogens with one attached hydrogen (secondary N) is 1. The van der Waals surface area contributed by atoms with Crippen LogP contribution in [0.15, 0.2) is 0 Å². The number of carbonyl (C=O) groups excluding carboxylic acids is 1. The van der Waals surface area contributed by atoms with Gasteiger partial charge in [0.15, 0.2) is 0 Å². The van der Waals surface area contributed by atoms with Crippen molar-refractivity contribution in [1.29, 1.82) is 0 Å². The summed E-state index contributed by atoms with van der Waals surface area (Å²) in [7, 11) is 1.48. The van der Waals surface area contributed by atoms with Gasteiger partial charge in [-0.1, -0.05) is 20.8 Å². The maximum Gasteiger partial charge on any atom is 0.245 e. The Morgan fingerprint density at radius 1 is 1.50 bits per heavy atom. The normalized spacial score (nSPS) is 13.8. The van der Waals surface area contributed by atoms with Gasteiger partial charge in [0.25, 0.3) is 0 Å². The second-order valence-electron chi connectivity index (χ2n) is 4.45. The fourth-order valence-corrected chi connectivity index (χ4v) is 0.963. The number of amides is 1. The molecule has 14 heavy (non-hydrogen) atoms. The van der Waals surface area contributed by atoms with Crippen LogP contribution in [0.1, 0.15) is 27.2 Å². The molecule has 2 N–H and O–H groups in total. The topological polar surface area (TPSA) is 58.6 Å². The van der Waals surface area contributed by atoms with Gasteiger partial charge in [-0.2, -0.15) is 0 Å². The fraction of sp³-hybridized carbons (Fsp3) is 0.900. The zero-order chi connectivity index (χ0) is 11.2. The molecule has 0 aromatic heterocycles. The number of hydrogen-bond donors (Lipinski definition) is 2. The molecule has 0 spiro atoms. The number of rotatable bonds is 5. The lowest BCUT2D eigenvalue weighted by molar-refractivity contribution is -0.124. The SMILES string of the molecule is COCC(=O)NCCC(O)C(C)(C)C. The molecule has 4 nitrogen and oxygen atoms in total. The minimum Gasteiger partial charge on any atom is -0.393 e. The molecule has 1 unspecified atom stereocenters. The maximum absolute atomic E-state index is 11.0. The quantitative estimate of drug-likeness (QED) is 0.686. The first-order chi connectivity index (χ1) is 6.38. The molecule has 84 valence electrons. The van der Waals surface area contributed by atoms with Crippen LogP contribution < -0.4 is 5.32 Å². The number of ether oxygens (including phenoxy) is 1. The molecular formula is C10H21NO3. The monoisotopic (exact) mass is 203 g/mol. The molecule has 0 fully saturated rings. The van der Waals surface area contributed by atoms with Crippen molar-refractivity contribution in [2.24, 2.45) is 5.41 Å². The van der Waals surface area contributed by atoms with Crippen LogP contribution in [0.2, 0.25) is 0 Å². The summed E-state index contributed by atoms with van der Waals surface area (Å²) in [6, 6.07) is 0. The predicted octanol–water partition coefficient (Wildman–Crippen LogP) is 0.546. The van der Waals surface area contributed by atoms with Crippen LogP contribution in [-0.4, -0.2) is 37.4 Å². The molecule has 0 saturated carbocycles. The largest absolute Gasteiger partial charge is 0.393 e. The summed E-state index contributed by atoms with van der Waals surface area (Å²) in [6.07, 6.45) is 0.171. The van der Waals surface area contributed by atoms with Crippen LogP contribution in [0.5, 0.6) is 0 Å². The van der Waals surface area contributed by atoms with Crippen LogP contribution in [0.25, 0.3) is 0 Å². The Hall–Kier alpha value is -0.610. The smallest absolute Gasteiger partial charge is 0.245 e. The second kappa shape index (κ2) is 5.98. The Morgan fingerprint density at radius 2 is 2.07 bits per heavy atom. The number of hydrogen-bond acceptors (Lipinski definition) is 3. The summed E-state index contributed by atoms with van der Waals surface area (Å²) >= 11 is 0. The number of aliphatic hydroxyl groups is 1. The molecule has 1 atom stereocenters. The zero-order valence-electron chi connectivity index (χ0n) is 9.46. The van der Waals surface area contributed by atoms with E-state index < -0.39 is 6.10 Å². The summed E-state index contributed by atoms with van der Waals surface area (Å²) in [5.74, 6) is -0.145. The average Bonchev–Trinajstić information content (AvgIpc) is 2.02. The van der Waals surface area contributed by atoms with Crippen LogP contribution in [0, 0.1) is 5.41 Å². The van der Waals surface area contributed by atoms with Gasteiger partial charge in [-0.05, 0) is 11.8 Å². The second-order valence-corrected chi connectivity index (χ2v) is 4.45. The van der Waals surface area contributed by atoms with Crippen molar-refractivity contribution in [2.45, 2.75) is 33.3 Å². The molecule has 0 aromatic carbocycles. The van der Waals surface area contributed by atoms with Crippen molar-refractivity contribution in [3.8, 4) is 0 Å². The number of methoxy groups -OCH3 is 1. The molecule has 0 bridgehead atoms. The van der Waals surface area contributed by atoms with Crippen molar-refractivity contribution >= 4 is 5.91 Å². The number of carbonyl (C=O) groups is 1. The molecule has 0 aliphatic heterocycles. The van der Waals surface area contributed by atoms with Gasteiger partial charge < -0.3 is 15.2 Å². The summed E-state index contributed by atoms with van der Waals surface area (Å²) in [6.45, 7) is 6.46. The highest BCUT2D eigenvalue weighted by atomic mass is 16.5.